The van der Waals surface area contributed by atoms with Crippen LogP contribution >= 0.6 is 11.8 Å². The van der Waals surface area contributed by atoms with E-state index in [-0.39, 0.29) is 0 Å². The van der Waals surface area contributed by atoms with Crippen LogP contribution in [0.2, 0.25) is 0 Å². The molecule has 0 aromatic heterocycles. The molecule has 0 saturated carbocycles. The first-order valence-electron chi connectivity index (χ1n) is 7.22. The molecule has 112 valence electrons. The van der Waals surface area contributed by atoms with Gasteiger partial charge in [-0.3, -0.25) is 0 Å². The van der Waals surface area contributed by atoms with E-state index in [1.807, 2.05) is 0 Å². The van der Waals surface area contributed by atoms with Gasteiger partial charge >= 0.3 is 0 Å². The summed E-state index contributed by atoms with van der Waals surface area (Å²) in [4.78, 5) is 3.49. The van der Waals surface area contributed by atoms with E-state index < -0.39 is 0 Å². The molecule has 2 aromatic carbocycles. The first kappa shape index (κ1) is 15.9. The highest BCUT2D eigenvalue weighted by molar-refractivity contribution is 7.98. The Kier molecular flexibility index (Phi) is 5.71. The van der Waals surface area contributed by atoms with Crippen LogP contribution in [0.1, 0.15) is 24.1 Å². The first-order chi connectivity index (χ1) is 10.1. The second kappa shape index (κ2) is 7.53. The fourth-order valence-electron chi connectivity index (χ4n) is 2.35. The number of thioether (sulfide) groups is 1. The van der Waals surface area contributed by atoms with Gasteiger partial charge in [-0.15, -0.1) is 11.8 Å². The zero-order valence-corrected chi connectivity index (χ0v) is 14.1. The SMILES string of the molecule is CSc1ccc(C(C)Nc2cccc(CN(C)C)c2)cc1. The molecule has 1 N–H and O–H groups in total. The van der Waals surface area contributed by atoms with E-state index in [0.717, 1.165) is 6.54 Å². The summed E-state index contributed by atoms with van der Waals surface area (Å²) in [7, 11) is 4.19. The van der Waals surface area contributed by atoms with E-state index in [0.29, 0.717) is 6.04 Å². The van der Waals surface area contributed by atoms with E-state index >= 15 is 0 Å². The van der Waals surface area contributed by atoms with Crippen molar-refractivity contribution in [3.05, 3.63) is 59.7 Å². The molecule has 0 aliphatic carbocycles. The van der Waals surface area contributed by atoms with Gasteiger partial charge in [0.1, 0.15) is 0 Å². The van der Waals surface area contributed by atoms with Gasteiger partial charge in [-0.25, -0.2) is 0 Å². The zero-order valence-electron chi connectivity index (χ0n) is 13.3. The number of benzene rings is 2. The van der Waals surface area contributed by atoms with Crippen molar-refractivity contribution < 1.29 is 0 Å². The molecule has 1 unspecified atom stereocenters. The topological polar surface area (TPSA) is 15.3 Å². The molecule has 0 aliphatic heterocycles. The maximum atomic E-state index is 3.58. The highest BCUT2D eigenvalue weighted by Crippen LogP contribution is 2.23. The molecule has 0 saturated heterocycles. The fourth-order valence-corrected chi connectivity index (χ4v) is 2.76. The molecule has 2 rings (SSSR count). The van der Waals surface area contributed by atoms with Gasteiger partial charge in [0, 0.05) is 23.2 Å². The molecule has 0 spiro atoms. The van der Waals surface area contributed by atoms with Crippen molar-refractivity contribution in [1.82, 2.24) is 4.90 Å². The summed E-state index contributed by atoms with van der Waals surface area (Å²) >= 11 is 1.78. The molecular formula is C18H24N2S. The van der Waals surface area contributed by atoms with Crippen LogP contribution in [0.4, 0.5) is 5.69 Å². The molecule has 0 radical (unpaired) electrons. The summed E-state index contributed by atoms with van der Waals surface area (Å²) in [6, 6.07) is 17.7. The smallest absolute Gasteiger partial charge is 0.0485 e. The highest BCUT2D eigenvalue weighted by atomic mass is 32.2. The predicted molar refractivity (Wildman–Crippen MR) is 94.1 cm³/mol. The van der Waals surface area contributed by atoms with Gasteiger partial charge in [0.05, 0.1) is 0 Å². The summed E-state index contributed by atoms with van der Waals surface area (Å²) in [5, 5.41) is 3.58. The summed E-state index contributed by atoms with van der Waals surface area (Å²) in [5.74, 6) is 0. The average molecular weight is 300 g/mol. The second-order valence-electron chi connectivity index (χ2n) is 5.58. The normalized spacial score (nSPS) is 12.4. The van der Waals surface area contributed by atoms with E-state index in [9.17, 15) is 0 Å². The van der Waals surface area contributed by atoms with Crippen molar-refractivity contribution in [1.29, 1.82) is 0 Å². The standard InChI is InChI=1S/C18H24N2S/c1-14(16-8-10-18(21-4)11-9-16)19-17-7-5-6-15(12-17)13-20(2)3/h5-12,14,19H,13H2,1-4H3. The maximum Gasteiger partial charge on any atom is 0.0485 e. The van der Waals surface area contributed by atoms with E-state index in [4.69, 9.17) is 0 Å². The Bertz CT molecular complexity index is 564. The monoisotopic (exact) mass is 300 g/mol. The highest BCUT2D eigenvalue weighted by Gasteiger charge is 2.06. The molecular weight excluding hydrogens is 276 g/mol. The minimum Gasteiger partial charge on any atom is -0.379 e. The number of rotatable bonds is 6. The van der Waals surface area contributed by atoms with Gasteiger partial charge < -0.3 is 10.2 Å². The molecule has 0 aliphatic rings. The fraction of sp³-hybridized carbons (Fsp3) is 0.333. The summed E-state index contributed by atoms with van der Waals surface area (Å²) in [6.45, 7) is 3.17. The van der Waals surface area contributed by atoms with Crippen molar-refractivity contribution in [3.63, 3.8) is 0 Å². The zero-order chi connectivity index (χ0) is 15.2. The summed E-state index contributed by atoms with van der Waals surface area (Å²) in [6.07, 6.45) is 2.10. The molecule has 0 bridgehead atoms. The van der Waals surface area contributed by atoms with Crippen molar-refractivity contribution in [2.45, 2.75) is 24.4 Å². The lowest BCUT2D eigenvalue weighted by Crippen LogP contribution is -2.11. The third-order valence-electron chi connectivity index (χ3n) is 3.42. The molecule has 3 heteroatoms. The molecule has 0 fully saturated rings. The van der Waals surface area contributed by atoms with Gasteiger partial charge in [-0.1, -0.05) is 24.3 Å². The van der Waals surface area contributed by atoms with Gasteiger partial charge in [-0.2, -0.15) is 0 Å². The Morgan fingerprint density at radius 2 is 1.81 bits per heavy atom. The second-order valence-corrected chi connectivity index (χ2v) is 6.46. The van der Waals surface area contributed by atoms with Crippen molar-refractivity contribution >= 4 is 17.4 Å². The van der Waals surface area contributed by atoms with Crippen LogP contribution in [0.25, 0.3) is 0 Å². The molecule has 2 aromatic rings. The van der Waals surface area contributed by atoms with Crippen molar-refractivity contribution in [3.8, 4) is 0 Å². The first-order valence-corrected chi connectivity index (χ1v) is 8.45. The molecule has 2 nitrogen and oxygen atoms in total. The Balaban J connectivity index is 2.05. The van der Waals surface area contributed by atoms with Crippen LogP contribution < -0.4 is 5.32 Å². The molecule has 0 amide bonds. The van der Waals surface area contributed by atoms with Crippen molar-refractivity contribution in [2.75, 3.05) is 25.7 Å². The van der Waals surface area contributed by atoms with E-state index in [1.165, 1.54) is 21.7 Å². The third-order valence-corrected chi connectivity index (χ3v) is 4.17. The van der Waals surface area contributed by atoms with Crippen LogP contribution in [0.3, 0.4) is 0 Å². The lowest BCUT2D eigenvalue weighted by molar-refractivity contribution is 0.402. The average Bonchev–Trinajstić information content (AvgIpc) is 2.47. The number of hydrogen-bond donors (Lipinski definition) is 1. The van der Waals surface area contributed by atoms with E-state index in [2.05, 4.69) is 86.0 Å². The maximum absolute atomic E-state index is 3.58. The molecule has 0 heterocycles. The quantitative estimate of drug-likeness (QED) is 0.782. The molecule has 21 heavy (non-hydrogen) atoms. The number of nitrogens with zero attached hydrogens (tertiary/aromatic N) is 1. The van der Waals surface area contributed by atoms with Gasteiger partial charge in [0.15, 0.2) is 0 Å². The predicted octanol–water partition coefficient (Wildman–Crippen LogP) is 4.64. The number of anilines is 1. The minimum atomic E-state index is 0.301. The molecule has 1 atom stereocenters. The Morgan fingerprint density at radius 1 is 1.10 bits per heavy atom. The van der Waals surface area contributed by atoms with Crippen LogP contribution in [0.5, 0.6) is 0 Å². The summed E-state index contributed by atoms with van der Waals surface area (Å²) < 4.78 is 0. The van der Waals surface area contributed by atoms with Crippen LogP contribution in [-0.2, 0) is 6.54 Å². The number of hydrogen-bond acceptors (Lipinski definition) is 3. The van der Waals surface area contributed by atoms with Gasteiger partial charge in [-0.05, 0) is 62.7 Å². The summed E-state index contributed by atoms with van der Waals surface area (Å²) in [5.41, 5.74) is 3.82. The Hall–Kier alpha value is -1.45. The Morgan fingerprint density at radius 3 is 2.43 bits per heavy atom. The lowest BCUT2D eigenvalue weighted by atomic mass is 10.1. The van der Waals surface area contributed by atoms with Crippen LogP contribution in [-0.4, -0.2) is 25.3 Å². The number of nitrogens with one attached hydrogen (secondary N) is 1. The van der Waals surface area contributed by atoms with Crippen LogP contribution in [0.15, 0.2) is 53.4 Å². The lowest BCUT2D eigenvalue weighted by Gasteiger charge is -2.17. The van der Waals surface area contributed by atoms with E-state index in [1.54, 1.807) is 11.8 Å². The third kappa shape index (κ3) is 4.80. The van der Waals surface area contributed by atoms with Gasteiger partial charge in [0.2, 0.25) is 0 Å². The largest absolute Gasteiger partial charge is 0.379 e. The van der Waals surface area contributed by atoms with Crippen molar-refractivity contribution in [2.24, 2.45) is 0 Å². The Labute approximate surface area is 132 Å². The van der Waals surface area contributed by atoms with Gasteiger partial charge in [0.25, 0.3) is 0 Å². The van der Waals surface area contributed by atoms with Crippen LogP contribution in [0, 0.1) is 0 Å². The minimum absolute atomic E-state index is 0.301.